The van der Waals surface area contributed by atoms with Gasteiger partial charge in [-0.1, -0.05) is 18.2 Å². The third-order valence-corrected chi connectivity index (χ3v) is 3.61. The molecule has 0 saturated heterocycles. The lowest BCUT2D eigenvalue weighted by Gasteiger charge is -2.17. The first-order valence-corrected chi connectivity index (χ1v) is 7.57. The first-order chi connectivity index (χ1) is 11.5. The van der Waals surface area contributed by atoms with Crippen molar-refractivity contribution in [2.45, 2.75) is 13.0 Å². The van der Waals surface area contributed by atoms with Crippen molar-refractivity contribution < 1.29 is 14.3 Å². The minimum Gasteiger partial charge on any atom is -0.496 e. The Balaban J connectivity index is 1.89. The number of nitrogens with two attached hydrogens (primary N) is 1. The molecule has 2 aromatic carbocycles. The Hall–Kier alpha value is -3.02. The highest BCUT2D eigenvalue weighted by molar-refractivity contribution is 5.93. The van der Waals surface area contributed by atoms with Crippen LogP contribution in [0, 0.1) is 0 Å². The van der Waals surface area contributed by atoms with Crippen molar-refractivity contribution >= 4 is 17.5 Å². The summed E-state index contributed by atoms with van der Waals surface area (Å²) in [7, 11) is 1.60. The second-order valence-electron chi connectivity index (χ2n) is 5.33. The molecule has 6 heteroatoms. The van der Waals surface area contributed by atoms with Gasteiger partial charge in [0, 0.05) is 16.8 Å². The van der Waals surface area contributed by atoms with Crippen LogP contribution in [0.1, 0.15) is 28.9 Å². The summed E-state index contributed by atoms with van der Waals surface area (Å²) in [5.41, 5.74) is 7.26. The smallest absolute Gasteiger partial charge is 0.248 e. The molecule has 4 N–H and O–H groups in total. The molecule has 0 saturated carbocycles. The number of benzene rings is 2. The van der Waals surface area contributed by atoms with E-state index in [0.717, 1.165) is 17.0 Å². The van der Waals surface area contributed by atoms with Gasteiger partial charge in [-0.05, 0) is 37.3 Å². The lowest BCUT2D eigenvalue weighted by Crippen LogP contribution is -2.32. The van der Waals surface area contributed by atoms with Crippen LogP contribution in [-0.4, -0.2) is 25.5 Å². The quantitative estimate of drug-likeness (QED) is 0.726. The van der Waals surface area contributed by atoms with Crippen LogP contribution >= 0.6 is 0 Å². The van der Waals surface area contributed by atoms with Gasteiger partial charge in [0.1, 0.15) is 5.75 Å². The highest BCUT2D eigenvalue weighted by Crippen LogP contribution is 2.24. The topological polar surface area (TPSA) is 93.4 Å². The maximum absolute atomic E-state index is 12.1. The van der Waals surface area contributed by atoms with Gasteiger partial charge in [-0.2, -0.15) is 0 Å². The standard InChI is InChI=1S/C18H21N3O3/c1-12(15-5-3-4-6-16(15)24-2)21-17(22)11-20-14-9-7-13(8-10-14)18(19)23/h3-10,12,20H,11H2,1-2H3,(H2,19,23)(H,21,22). The van der Waals surface area contributed by atoms with Gasteiger partial charge in [-0.15, -0.1) is 0 Å². The highest BCUT2D eigenvalue weighted by Gasteiger charge is 2.13. The summed E-state index contributed by atoms with van der Waals surface area (Å²) in [4.78, 5) is 23.1. The molecule has 0 radical (unpaired) electrons. The summed E-state index contributed by atoms with van der Waals surface area (Å²) in [5, 5.41) is 5.92. The molecule has 6 nitrogen and oxygen atoms in total. The van der Waals surface area contributed by atoms with Gasteiger partial charge in [-0.25, -0.2) is 0 Å². The summed E-state index contributed by atoms with van der Waals surface area (Å²) in [6.45, 7) is 2.02. The Bertz CT molecular complexity index is 714. The SMILES string of the molecule is COc1ccccc1C(C)NC(=O)CNc1ccc(C(N)=O)cc1. The van der Waals surface area contributed by atoms with Gasteiger partial charge in [0.25, 0.3) is 0 Å². The second-order valence-corrected chi connectivity index (χ2v) is 5.33. The fourth-order valence-corrected chi connectivity index (χ4v) is 2.33. The molecule has 0 heterocycles. The van der Waals surface area contributed by atoms with E-state index in [1.807, 2.05) is 31.2 Å². The van der Waals surface area contributed by atoms with E-state index in [0.29, 0.717) is 5.56 Å². The van der Waals surface area contributed by atoms with Gasteiger partial charge in [-0.3, -0.25) is 9.59 Å². The predicted octanol–water partition coefficient (Wildman–Crippen LogP) is 2.08. The van der Waals surface area contributed by atoms with E-state index in [2.05, 4.69) is 10.6 Å². The zero-order valence-electron chi connectivity index (χ0n) is 13.7. The van der Waals surface area contributed by atoms with Crippen LogP contribution in [0.5, 0.6) is 5.75 Å². The van der Waals surface area contributed by atoms with Crippen molar-refractivity contribution in [2.24, 2.45) is 5.73 Å². The molecular formula is C18H21N3O3. The number of nitrogens with one attached hydrogen (secondary N) is 2. The van der Waals surface area contributed by atoms with Crippen LogP contribution in [0.15, 0.2) is 48.5 Å². The zero-order valence-corrected chi connectivity index (χ0v) is 13.7. The molecule has 0 fully saturated rings. The van der Waals surface area contributed by atoms with Gasteiger partial charge >= 0.3 is 0 Å². The van der Waals surface area contributed by atoms with Crippen molar-refractivity contribution in [3.05, 3.63) is 59.7 Å². The third kappa shape index (κ3) is 4.49. The average Bonchev–Trinajstić information content (AvgIpc) is 2.60. The Morgan fingerprint density at radius 1 is 1.12 bits per heavy atom. The summed E-state index contributed by atoms with van der Waals surface area (Å²) >= 11 is 0. The van der Waals surface area contributed by atoms with Gasteiger partial charge in [0.2, 0.25) is 11.8 Å². The molecule has 1 atom stereocenters. The maximum atomic E-state index is 12.1. The normalized spacial score (nSPS) is 11.4. The number of primary amides is 1. The molecule has 2 amide bonds. The number of ether oxygens (including phenoxy) is 1. The van der Waals surface area contributed by atoms with Crippen molar-refractivity contribution in [3.8, 4) is 5.75 Å². The zero-order chi connectivity index (χ0) is 17.5. The average molecular weight is 327 g/mol. The van der Waals surface area contributed by atoms with Crippen LogP contribution in [0.3, 0.4) is 0 Å². The molecule has 0 aliphatic rings. The number of carbonyl (C=O) groups is 2. The number of anilines is 1. The number of methoxy groups -OCH3 is 1. The lowest BCUT2D eigenvalue weighted by atomic mass is 10.1. The number of rotatable bonds is 7. The molecule has 0 spiro atoms. The molecule has 2 rings (SSSR count). The molecular weight excluding hydrogens is 306 g/mol. The highest BCUT2D eigenvalue weighted by atomic mass is 16.5. The Kier molecular flexibility index (Phi) is 5.78. The van der Waals surface area contributed by atoms with E-state index in [1.54, 1.807) is 31.4 Å². The van der Waals surface area contributed by atoms with E-state index in [9.17, 15) is 9.59 Å². The number of carbonyl (C=O) groups excluding carboxylic acids is 2. The minimum atomic E-state index is -0.482. The number of amides is 2. The van der Waals surface area contributed by atoms with E-state index < -0.39 is 5.91 Å². The fourth-order valence-electron chi connectivity index (χ4n) is 2.33. The largest absolute Gasteiger partial charge is 0.496 e. The van der Waals surface area contributed by atoms with E-state index in [-0.39, 0.29) is 18.5 Å². The van der Waals surface area contributed by atoms with Crippen molar-refractivity contribution in [1.29, 1.82) is 0 Å². The van der Waals surface area contributed by atoms with Crippen molar-refractivity contribution in [1.82, 2.24) is 5.32 Å². The van der Waals surface area contributed by atoms with Gasteiger partial charge in [0.15, 0.2) is 0 Å². The number of hydrogen-bond donors (Lipinski definition) is 3. The number of para-hydroxylation sites is 1. The monoisotopic (exact) mass is 327 g/mol. The molecule has 24 heavy (non-hydrogen) atoms. The molecule has 0 bridgehead atoms. The summed E-state index contributed by atoms with van der Waals surface area (Å²) < 4.78 is 5.30. The number of hydrogen-bond acceptors (Lipinski definition) is 4. The van der Waals surface area contributed by atoms with E-state index >= 15 is 0 Å². The summed E-state index contributed by atoms with van der Waals surface area (Å²) in [5.74, 6) is 0.109. The second kappa shape index (κ2) is 8.01. The van der Waals surface area contributed by atoms with Crippen LogP contribution in [0.2, 0.25) is 0 Å². The van der Waals surface area contributed by atoms with E-state index in [4.69, 9.17) is 10.5 Å². The molecule has 0 aliphatic heterocycles. The molecule has 1 unspecified atom stereocenters. The molecule has 2 aromatic rings. The Labute approximate surface area is 141 Å². The summed E-state index contributed by atoms with van der Waals surface area (Å²) in [6, 6.07) is 14.0. The van der Waals surface area contributed by atoms with Crippen LogP contribution in [0.4, 0.5) is 5.69 Å². The van der Waals surface area contributed by atoms with Gasteiger partial charge in [0.05, 0.1) is 19.7 Å². The minimum absolute atomic E-state index is 0.120. The third-order valence-electron chi connectivity index (χ3n) is 3.61. The molecule has 126 valence electrons. The Morgan fingerprint density at radius 3 is 2.42 bits per heavy atom. The first-order valence-electron chi connectivity index (χ1n) is 7.57. The predicted molar refractivity (Wildman–Crippen MR) is 93.0 cm³/mol. The van der Waals surface area contributed by atoms with Crippen LogP contribution in [-0.2, 0) is 4.79 Å². The van der Waals surface area contributed by atoms with Crippen molar-refractivity contribution in [2.75, 3.05) is 19.0 Å². The van der Waals surface area contributed by atoms with Crippen LogP contribution in [0.25, 0.3) is 0 Å². The van der Waals surface area contributed by atoms with Gasteiger partial charge < -0.3 is 21.1 Å². The van der Waals surface area contributed by atoms with Crippen molar-refractivity contribution in [3.63, 3.8) is 0 Å². The Morgan fingerprint density at radius 2 is 1.79 bits per heavy atom. The lowest BCUT2D eigenvalue weighted by molar-refractivity contribution is -0.120. The molecule has 0 aromatic heterocycles. The molecule has 0 aliphatic carbocycles. The summed E-state index contributed by atoms with van der Waals surface area (Å²) in [6.07, 6.45) is 0. The fraction of sp³-hybridized carbons (Fsp3) is 0.222. The van der Waals surface area contributed by atoms with E-state index in [1.165, 1.54) is 0 Å². The maximum Gasteiger partial charge on any atom is 0.248 e. The first kappa shape index (κ1) is 17.3. The van der Waals surface area contributed by atoms with Crippen LogP contribution < -0.4 is 21.1 Å².